The van der Waals surface area contributed by atoms with Crippen molar-refractivity contribution in [3.8, 4) is 0 Å². The molecule has 1 unspecified atom stereocenters. The molecule has 0 aromatic rings. The highest BCUT2D eigenvalue weighted by Gasteiger charge is 2.35. The van der Waals surface area contributed by atoms with Crippen LogP contribution in [0.5, 0.6) is 0 Å². The summed E-state index contributed by atoms with van der Waals surface area (Å²) in [5.74, 6) is -3.76. The second-order valence-corrected chi connectivity index (χ2v) is 9.85. The summed E-state index contributed by atoms with van der Waals surface area (Å²) in [4.78, 5) is 38.2. The molecule has 3 N–H and O–H groups in total. The maximum absolute atomic E-state index is 11.7. The molecule has 32 heavy (non-hydrogen) atoms. The fourth-order valence-corrected chi connectivity index (χ4v) is 3.99. The van der Waals surface area contributed by atoms with Crippen molar-refractivity contribution in [2.24, 2.45) is 0 Å². The van der Waals surface area contributed by atoms with Crippen molar-refractivity contribution in [1.82, 2.24) is 5.48 Å². The van der Waals surface area contributed by atoms with Gasteiger partial charge in [0.25, 0.3) is 16.0 Å². The minimum Gasteiger partial charge on any atom is -0.481 e. The molecule has 9 nitrogen and oxygen atoms in total. The Morgan fingerprint density at radius 1 is 0.781 bits per heavy atom. The van der Waals surface area contributed by atoms with Crippen LogP contribution < -0.4 is 5.48 Å². The first-order chi connectivity index (χ1) is 15.2. The van der Waals surface area contributed by atoms with Crippen molar-refractivity contribution in [2.75, 3.05) is 0 Å². The molecule has 0 radical (unpaired) electrons. The number of aliphatic carboxylic acids is 1. The van der Waals surface area contributed by atoms with Gasteiger partial charge in [-0.15, -0.1) is 0 Å². The second kappa shape index (κ2) is 18.8. The molecular formula is C22H41NO8S. The molecule has 0 saturated carbocycles. The molecule has 0 aromatic heterocycles. The number of hydrogen-bond acceptors (Lipinski definition) is 6. The van der Waals surface area contributed by atoms with Gasteiger partial charge in [-0.2, -0.15) is 13.9 Å². The smallest absolute Gasteiger partial charge is 0.353 e. The standard InChI is InChI=1S/C22H41NO8S/c1-2-3-4-5-6-7-8-9-10-11-12-13-14-15-16-17-20(24)23-31-22(27)19(18-21(25)26)32(28,29)30/h19H,2-18H2,1H3,(H,23,24)(H,25,26)(H,28,29,30). The SMILES string of the molecule is CCCCCCCCCCCCCCCCCC(=O)NOC(=O)C(CC(=O)O)S(=O)(=O)O. The Morgan fingerprint density at radius 2 is 1.19 bits per heavy atom. The largest absolute Gasteiger partial charge is 0.481 e. The number of amides is 1. The maximum Gasteiger partial charge on any atom is 0.353 e. The third kappa shape index (κ3) is 17.9. The van der Waals surface area contributed by atoms with Crippen LogP contribution in [-0.2, 0) is 29.3 Å². The van der Waals surface area contributed by atoms with E-state index in [0.29, 0.717) is 6.42 Å². The fourth-order valence-electron chi connectivity index (χ4n) is 3.35. The van der Waals surface area contributed by atoms with Gasteiger partial charge in [0.05, 0.1) is 6.42 Å². The van der Waals surface area contributed by atoms with Crippen LogP contribution in [0.3, 0.4) is 0 Å². The number of hydrogen-bond donors (Lipinski definition) is 3. The van der Waals surface area contributed by atoms with E-state index in [1.165, 1.54) is 70.6 Å². The van der Waals surface area contributed by atoms with Crippen LogP contribution in [-0.4, -0.2) is 41.2 Å². The van der Waals surface area contributed by atoms with Crippen LogP contribution in [0.25, 0.3) is 0 Å². The Bertz CT molecular complexity index is 636. The normalized spacial score (nSPS) is 12.3. The average Bonchev–Trinajstić information content (AvgIpc) is 2.72. The summed E-state index contributed by atoms with van der Waals surface area (Å²) in [5.41, 5.74) is 1.80. The average molecular weight is 480 g/mol. The Morgan fingerprint density at radius 3 is 1.56 bits per heavy atom. The van der Waals surface area contributed by atoms with Gasteiger partial charge in [0, 0.05) is 6.42 Å². The highest BCUT2D eigenvalue weighted by Crippen LogP contribution is 2.13. The number of carbonyl (C=O) groups is 3. The summed E-state index contributed by atoms with van der Waals surface area (Å²) in [6.07, 6.45) is 16.9. The van der Waals surface area contributed by atoms with Crippen LogP contribution >= 0.6 is 0 Å². The molecule has 0 heterocycles. The van der Waals surface area contributed by atoms with Gasteiger partial charge in [0.2, 0.25) is 0 Å². The number of carboxylic acid groups (broad SMARTS) is 1. The summed E-state index contributed by atoms with van der Waals surface area (Å²) < 4.78 is 31.0. The van der Waals surface area contributed by atoms with E-state index in [1.807, 2.05) is 0 Å². The Balaban J connectivity index is 3.64. The molecule has 0 aliphatic heterocycles. The number of rotatable bonds is 20. The minimum absolute atomic E-state index is 0.0982. The van der Waals surface area contributed by atoms with Gasteiger partial charge in [-0.1, -0.05) is 96.8 Å². The summed E-state index contributed by atoms with van der Waals surface area (Å²) in [6, 6.07) is 0. The monoisotopic (exact) mass is 479 g/mol. The number of carbonyl (C=O) groups excluding carboxylic acids is 2. The Hall–Kier alpha value is -1.68. The van der Waals surface area contributed by atoms with Crippen LogP contribution in [0.2, 0.25) is 0 Å². The van der Waals surface area contributed by atoms with Crippen LogP contribution in [0.15, 0.2) is 0 Å². The van der Waals surface area contributed by atoms with Crippen molar-refractivity contribution in [3.63, 3.8) is 0 Å². The van der Waals surface area contributed by atoms with E-state index in [-0.39, 0.29) is 6.42 Å². The first kappa shape index (κ1) is 30.3. The lowest BCUT2D eigenvalue weighted by atomic mass is 10.0. The number of hydroxylamine groups is 1. The molecule has 1 atom stereocenters. The molecule has 10 heteroatoms. The quantitative estimate of drug-likeness (QED) is 0.131. The zero-order chi connectivity index (χ0) is 24.2. The molecule has 0 aliphatic rings. The lowest BCUT2D eigenvalue weighted by Crippen LogP contribution is -2.38. The van der Waals surface area contributed by atoms with Crippen molar-refractivity contribution >= 4 is 28.0 Å². The van der Waals surface area contributed by atoms with Gasteiger partial charge in [-0.05, 0) is 6.42 Å². The predicted molar refractivity (Wildman–Crippen MR) is 121 cm³/mol. The highest BCUT2D eigenvalue weighted by atomic mass is 32.2. The molecule has 0 aromatic carbocycles. The third-order valence-electron chi connectivity index (χ3n) is 5.26. The van der Waals surface area contributed by atoms with Gasteiger partial charge >= 0.3 is 11.9 Å². The molecule has 188 valence electrons. The van der Waals surface area contributed by atoms with Gasteiger partial charge < -0.3 is 9.94 Å². The number of unbranched alkanes of at least 4 members (excludes halogenated alkanes) is 14. The van der Waals surface area contributed by atoms with Crippen LogP contribution in [0.4, 0.5) is 0 Å². The first-order valence-electron chi connectivity index (χ1n) is 11.9. The molecule has 0 fully saturated rings. The molecule has 1 amide bonds. The van der Waals surface area contributed by atoms with E-state index in [1.54, 1.807) is 5.48 Å². The molecule has 0 spiro atoms. The topological polar surface area (TPSA) is 147 Å². The summed E-state index contributed by atoms with van der Waals surface area (Å²) in [7, 11) is -4.96. The first-order valence-corrected chi connectivity index (χ1v) is 13.4. The lowest BCUT2D eigenvalue weighted by Gasteiger charge is -2.11. The lowest BCUT2D eigenvalue weighted by molar-refractivity contribution is -0.159. The molecule has 0 bridgehead atoms. The molecule has 0 saturated heterocycles. The van der Waals surface area contributed by atoms with E-state index in [9.17, 15) is 22.8 Å². The van der Waals surface area contributed by atoms with Crippen LogP contribution in [0, 0.1) is 0 Å². The van der Waals surface area contributed by atoms with Gasteiger partial charge in [0.1, 0.15) is 0 Å². The minimum atomic E-state index is -4.96. The van der Waals surface area contributed by atoms with E-state index in [0.717, 1.165) is 19.3 Å². The van der Waals surface area contributed by atoms with Crippen molar-refractivity contribution in [1.29, 1.82) is 0 Å². The van der Waals surface area contributed by atoms with E-state index in [4.69, 9.17) is 9.66 Å². The highest BCUT2D eigenvalue weighted by molar-refractivity contribution is 7.87. The van der Waals surface area contributed by atoms with E-state index in [2.05, 4.69) is 11.8 Å². The molecular weight excluding hydrogens is 438 g/mol. The Kier molecular flexibility index (Phi) is 17.9. The maximum atomic E-state index is 11.7. The number of carboxylic acids is 1. The van der Waals surface area contributed by atoms with E-state index >= 15 is 0 Å². The molecule has 0 aliphatic carbocycles. The van der Waals surface area contributed by atoms with Gasteiger partial charge in [-0.3, -0.25) is 14.1 Å². The van der Waals surface area contributed by atoms with Crippen molar-refractivity contribution < 1.29 is 37.3 Å². The second-order valence-electron chi connectivity index (χ2n) is 8.25. The van der Waals surface area contributed by atoms with E-state index < -0.39 is 39.6 Å². The third-order valence-corrected chi connectivity index (χ3v) is 6.33. The zero-order valence-corrected chi connectivity index (χ0v) is 20.2. The zero-order valence-electron chi connectivity index (χ0n) is 19.4. The Labute approximate surface area is 192 Å². The summed E-state index contributed by atoms with van der Waals surface area (Å²) >= 11 is 0. The van der Waals surface area contributed by atoms with Crippen molar-refractivity contribution in [2.45, 2.75) is 121 Å². The molecule has 0 rings (SSSR count). The van der Waals surface area contributed by atoms with Gasteiger partial charge in [0.15, 0.2) is 5.25 Å². The van der Waals surface area contributed by atoms with Crippen LogP contribution in [0.1, 0.15) is 116 Å². The number of nitrogens with one attached hydrogen (secondary N) is 1. The summed E-state index contributed by atoms with van der Waals surface area (Å²) in [6.45, 7) is 2.23. The predicted octanol–water partition coefficient (Wildman–Crippen LogP) is 4.55. The van der Waals surface area contributed by atoms with Crippen molar-refractivity contribution in [3.05, 3.63) is 0 Å². The van der Waals surface area contributed by atoms with Gasteiger partial charge in [-0.25, -0.2) is 4.79 Å². The fraction of sp³-hybridized carbons (Fsp3) is 0.864. The summed E-state index contributed by atoms with van der Waals surface area (Å²) in [5, 5.41) is 6.32.